The molecule has 0 fully saturated rings. The van der Waals surface area contributed by atoms with Gasteiger partial charge in [-0.25, -0.2) is 0 Å². The molecule has 0 N–H and O–H groups in total. The SMILES string of the molecule is ClCc1nnc(-c2ccc(Br)cc2)o1. The maximum absolute atomic E-state index is 5.55. The molecule has 0 bridgehead atoms. The van der Waals surface area contributed by atoms with Crippen molar-refractivity contribution < 1.29 is 4.42 Å². The molecule has 1 heterocycles. The number of hydrogen-bond acceptors (Lipinski definition) is 3. The van der Waals surface area contributed by atoms with Gasteiger partial charge in [-0.3, -0.25) is 0 Å². The molecule has 0 amide bonds. The van der Waals surface area contributed by atoms with Gasteiger partial charge in [-0.15, -0.1) is 21.8 Å². The normalized spacial score (nSPS) is 10.4. The van der Waals surface area contributed by atoms with Crippen molar-refractivity contribution in [3.05, 3.63) is 34.6 Å². The van der Waals surface area contributed by atoms with Crippen LogP contribution in [0.5, 0.6) is 0 Å². The number of nitrogens with zero attached hydrogens (tertiary/aromatic N) is 2. The van der Waals surface area contributed by atoms with E-state index in [2.05, 4.69) is 26.1 Å². The molecule has 0 spiro atoms. The summed E-state index contributed by atoms with van der Waals surface area (Å²) in [5, 5.41) is 7.64. The molecule has 72 valence electrons. The zero-order chi connectivity index (χ0) is 9.97. The lowest BCUT2D eigenvalue weighted by Gasteiger charge is -1.93. The Morgan fingerprint density at radius 1 is 1.21 bits per heavy atom. The van der Waals surface area contributed by atoms with Crippen LogP contribution >= 0.6 is 27.5 Å². The lowest BCUT2D eigenvalue weighted by atomic mass is 10.2. The third kappa shape index (κ3) is 1.96. The third-order valence-corrected chi connectivity index (χ3v) is 2.43. The van der Waals surface area contributed by atoms with E-state index in [1.165, 1.54) is 0 Å². The summed E-state index contributed by atoms with van der Waals surface area (Å²) in [4.78, 5) is 0. The van der Waals surface area contributed by atoms with Gasteiger partial charge in [-0.2, -0.15) is 0 Å². The number of benzene rings is 1. The first kappa shape index (κ1) is 9.68. The predicted octanol–water partition coefficient (Wildman–Crippen LogP) is 3.24. The predicted molar refractivity (Wildman–Crippen MR) is 57.0 cm³/mol. The molecule has 14 heavy (non-hydrogen) atoms. The van der Waals surface area contributed by atoms with Crippen molar-refractivity contribution in [3.8, 4) is 11.5 Å². The summed E-state index contributed by atoms with van der Waals surface area (Å²) < 4.78 is 6.30. The molecule has 0 atom stereocenters. The van der Waals surface area contributed by atoms with Crippen LogP contribution in [0.4, 0.5) is 0 Å². The Morgan fingerprint density at radius 2 is 1.93 bits per heavy atom. The molecule has 1 aromatic heterocycles. The molecule has 2 rings (SSSR count). The van der Waals surface area contributed by atoms with Crippen LogP contribution in [0.25, 0.3) is 11.5 Å². The van der Waals surface area contributed by atoms with Crippen molar-refractivity contribution in [2.45, 2.75) is 5.88 Å². The highest BCUT2D eigenvalue weighted by Crippen LogP contribution is 2.20. The molecule has 5 heteroatoms. The van der Waals surface area contributed by atoms with Crippen molar-refractivity contribution in [2.75, 3.05) is 0 Å². The van der Waals surface area contributed by atoms with E-state index in [9.17, 15) is 0 Å². The fraction of sp³-hybridized carbons (Fsp3) is 0.111. The maximum atomic E-state index is 5.55. The topological polar surface area (TPSA) is 38.9 Å². The van der Waals surface area contributed by atoms with Gasteiger partial charge in [0.15, 0.2) is 0 Å². The molecule has 2 aromatic rings. The number of aromatic nitrogens is 2. The summed E-state index contributed by atoms with van der Waals surface area (Å²) in [5.74, 6) is 1.17. The van der Waals surface area contributed by atoms with Gasteiger partial charge in [0.25, 0.3) is 0 Å². The zero-order valence-electron chi connectivity index (χ0n) is 7.08. The second-order valence-electron chi connectivity index (χ2n) is 2.64. The second-order valence-corrected chi connectivity index (χ2v) is 3.82. The van der Waals surface area contributed by atoms with Gasteiger partial charge in [-0.1, -0.05) is 15.9 Å². The van der Waals surface area contributed by atoms with Gasteiger partial charge < -0.3 is 4.42 Å². The molecule has 3 nitrogen and oxygen atoms in total. The van der Waals surface area contributed by atoms with E-state index in [4.69, 9.17) is 16.0 Å². The molecule has 0 aliphatic heterocycles. The average Bonchev–Trinajstić information content (AvgIpc) is 2.67. The summed E-state index contributed by atoms with van der Waals surface area (Å²) in [5.41, 5.74) is 0.886. The standard InChI is InChI=1S/C9H6BrClN2O/c10-7-3-1-6(2-4-7)9-13-12-8(5-11)14-9/h1-4H,5H2. The zero-order valence-corrected chi connectivity index (χ0v) is 9.42. The van der Waals surface area contributed by atoms with Crippen LogP contribution in [0, 0.1) is 0 Å². The molecule has 0 unspecified atom stereocenters. The van der Waals surface area contributed by atoms with Crippen LogP contribution in [-0.2, 0) is 5.88 Å². The third-order valence-electron chi connectivity index (χ3n) is 1.67. The number of rotatable bonds is 2. The molecular formula is C9H6BrClN2O. The molecule has 0 aliphatic rings. The Bertz CT molecular complexity index is 427. The van der Waals surface area contributed by atoms with Crippen LogP contribution < -0.4 is 0 Å². The Kier molecular flexibility index (Phi) is 2.84. The van der Waals surface area contributed by atoms with E-state index in [1.807, 2.05) is 24.3 Å². The monoisotopic (exact) mass is 272 g/mol. The first-order chi connectivity index (χ1) is 6.79. The second kappa shape index (κ2) is 4.11. The summed E-state index contributed by atoms with van der Waals surface area (Å²) in [6.07, 6.45) is 0. The van der Waals surface area contributed by atoms with Crippen LogP contribution in [0.15, 0.2) is 33.2 Å². The lowest BCUT2D eigenvalue weighted by Crippen LogP contribution is -1.76. The summed E-state index contributed by atoms with van der Waals surface area (Å²) in [6, 6.07) is 7.63. The average molecular weight is 274 g/mol. The van der Waals surface area contributed by atoms with Crippen LogP contribution in [0.3, 0.4) is 0 Å². The van der Waals surface area contributed by atoms with Crippen molar-refractivity contribution >= 4 is 27.5 Å². The van der Waals surface area contributed by atoms with Gasteiger partial charge in [0.1, 0.15) is 5.88 Å². The molecule has 0 aliphatic carbocycles. The van der Waals surface area contributed by atoms with Gasteiger partial charge in [0, 0.05) is 10.0 Å². The lowest BCUT2D eigenvalue weighted by molar-refractivity contribution is 0.527. The van der Waals surface area contributed by atoms with E-state index < -0.39 is 0 Å². The highest BCUT2D eigenvalue weighted by Gasteiger charge is 2.06. The molecule has 0 radical (unpaired) electrons. The van der Waals surface area contributed by atoms with E-state index in [0.717, 1.165) is 10.0 Å². The fourth-order valence-corrected chi connectivity index (χ4v) is 1.39. The number of alkyl halides is 1. The van der Waals surface area contributed by atoms with Crippen LogP contribution in [0.2, 0.25) is 0 Å². The summed E-state index contributed by atoms with van der Waals surface area (Å²) >= 11 is 8.90. The van der Waals surface area contributed by atoms with Crippen LogP contribution in [0.1, 0.15) is 5.89 Å². The maximum Gasteiger partial charge on any atom is 0.247 e. The van der Waals surface area contributed by atoms with Gasteiger partial charge in [0.2, 0.25) is 11.8 Å². The first-order valence-corrected chi connectivity index (χ1v) is 5.26. The largest absolute Gasteiger partial charge is 0.419 e. The Morgan fingerprint density at radius 3 is 2.50 bits per heavy atom. The Balaban J connectivity index is 2.34. The minimum absolute atomic E-state index is 0.240. The van der Waals surface area contributed by atoms with Gasteiger partial charge >= 0.3 is 0 Å². The van der Waals surface area contributed by atoms with Gasteiger partial charge in [-0.05, 0) is 24.3 Å². The summed E-state index contributed by atoms with van der Waals surface area (Å²) in [6.45, 7) is 0. The minimum atomic E-state index is 0.240. The molecule has 0 saturated heterocycles. The highest BCUT2D eigenvalue weighted by molar-refractivity contribution is 9.10. The van der Waals surface area contributed by atoms with E-state index in [1.54, 1.807) is 0 Å². The van der Waals surface area contributed by atoms with E-state index in [-0.39, 0.29) is 5.88 Å². The quantitative estimate of drug-likeness (QED) is 0.789. The summed E-state index contributed by atoms with van der Waals surface area (Å²) in [7, 11) is 0. The smallest absolute Gasteiger partial charge is 0.247 e. The van der Waals surface area contributed by atoms with Crippen LogP contribution in [-0.4, -0.2) is 10.2 Å². The van der Waals surface area contributed by atoms with Crippen molar-refractivity contribution in [3.63, 3.8) is 0 Å². The Labute approximate surface area is 94.2 Å². The van der Waals surface area contributed by atoms with Crippen molar-refractivity contribution in [1.29, 1.82) is 0 Å². The van der Waals surface area contributed by atoms with Gasteiger partial charge in [0.05, 0.1) is 0 Å². The molecule has 0 saturated carbocycles. The Hall–Kier alpha value is -0.870. The molecule has 1 aromatic carbocycles. The number of hydrogen-bond donors (Lipinski definition) is 0. The molecular weight excluding hydrogens is 267 g/mol. The minimum Gasteiger partial charge on any atom is -0.419 e. The number of halogens is 2. The van der Waals surface area contributed by atoms with Crippen molar-refractivity contribution in [2.24, 2.45) is 0 Å². The first-order valence-electron chi connectivity index (χ1n) is 3.94. The highest BCUT2D eigenvalue weighted by atomic mass is 79.9. The van der Waals surface area contributed by atoms with Crippen molar-refractivity contribution in [1.82, 2.24) is 10.2 Å². The van der Waals surface area contributed by atoms with E-state index in [0.29, 0.717) is 11.8 Å². The van der Waals surface area contributed by atoms with E-state index >= 15 is 0 Å². The fourth-order valence-electron chi connectivity index (χ4n) is 1.02.